The van der Waals surface area contributed by atoms with Crippen LogP contribution in [-0.4, -0.2) is 53.9 Å². The molecule has 0 bridgehead atoms. The van der Waals surface area contributed by atoms with Crippen molar-refractivity contribution in [2.75, 3.05) is 33.3 Å². The molecule has 1 aromatic carbocycles. The van der Waals surface area contributed by atoms with Gasteiger partial charge in [0.25, 0.3) is 5.91 Å². The van der Waals surface area contributed by atoms with Crippen molar-refractivity contribution >= 4 is 11.7 Å². The van der Waals surface area contributed by atoms with Crippen LogP contribution in [0.5, 0.6) is 0 Å². The molecule has 0 spiro atoms. The Bertz CT molecular complexity index is 866. The molecule has 5 N–H and O–H groups in total. The lowest BCUT2D eigenvalue weighted by Crippen LogP contribution is -2.46. The van der Waals surface area contributed by atoms with Gasteiger partial charge in [-0.2, -0.15) is 5.10 Å². The Morgan fingerprint density at radius 3 is 2.61 bits per heavy atom. The molecule has 3 rings (SSSR count). The van der Waals surface area contributed by atoms with Gasteiger partial charge in [0.2, 0.25) is 0 Å². The van der Waals surface area contributed by atoms with Gasteiger partial charge in [0.05, 0.1) is 12.8 Å². The fourth-order valence-electron chi connectivity index (χ4n) is 2.99. The average molecular weight is 382 g/mol. The van der Waals surface area contributed by atoms with Crippen molar-refractivity contribution < 1.29 is 9.53 Å². The van der Waals surface area contributed by atoms with Crippen molar-refractivity contribution in [2.24, 2.45) is 11.5 Å². The largest absolute Gasteiger partial charge is 0.483 e. The van der Waals surface area contributed by atoms with Crippen molar-refractivity contribution in [1.29, 1.82) is 0 Å². The van der Waals surface area contributed by atoms with Gasteiger partial charge in [0.15, 0.2) is 11.6 Å². The number of nitrogens with zero attached hydrogens (tertiary/aromatic N) is 3. The fraction of sp³-hybridized carbons (Fsp3) is 0.300. The van der Waals surface area contributed by atoms with Gasteiger partial charge in [-0.1, -0.05) is 30.3 Å². The number of ether oxygens (including phenoxy) is 1. The monoisotopic (exact) mass is 382 g/mol. The molecule has 1 amide bonds. The first-order chi connectivity index (χ1) is 13.6. The molecule has 1 aliphatic heterocycles. The Morgan fingerprint density at radius 2 is 1.93 bits per heavy atom. The smallest absolute Gasteiger partial charge is 0.274 e. The second-order valence-electron chi connectivity index (χ2n) is 6.41. The number of carbonyl (C=O) groups is 1. The number of aromatic nitrogens is 2. The molecule has 1 aliphatic rings. The molecule has 148 valence electrons. The number of allylic oxidation sites excluding steroid dienone is 2. The van der Waals surface area contributed by atoms with Gasteiger partial charge >= 0.3 is 0 Å². The highest BCUT2D eigenvalue weighted by molar-refractivity contribution is 5.94. The molecule has 2 aromatic rings. The number of amides is 1. The SMILES string of the molecule is CO/C(N)=C/C/C=C(\N)n1nc(C(=O)N2CCNCC2)cc1-c1ccccc1. The normalized spacial score (nSPS) is 15.5. The number of hydrogen-bond acceptors (Lipinski definition) is 6. The number of hydrogen-bond donors (Lipinski definition) is 3. The van der Waals surface area contributed by atoms with Crippen LogP contribution in [0.15, 0.2) is 54.4 Å². The first-order valence-corrected chi connectivity index (χ1v) is 9.21. The predicted molar refractivity (Wildman–Crippen MR) is 109 cm³/mol. The van der Waals surface area contributed by atoms with Crippen LogP contribution in [0.2, 0.25) is 0 Å². The highest BCUT2D eigenvalue weighted by atomic mass is 16.5. The maximum absolute atomic E-state index is 12.9. The zero-order chi connectivity index (χ0) is 19.9. The topological polar surface area (TPSA) is 111 Å². The molecule has 1 aromatic heterocycles. The van der Waals surface area contributed by atoms with Gasteiger partial charge in [-0.15, -0.1) is 0 Å². The number of benzene rings is 1. The summed E-state index contributed by atoms with van der Waals surface area (Å²) in [4.78, 5) is 14.7. The summed E-state index contributed by atoms with van der Waals surface area (Å²) in [6.07, 6.45) is 3.98. The van der Waals surface area contributed by atoms with E-state index in [0.29, 0.717) is 36.9 Å². The van der Waals surface area contributed by atoms with E-state index in [-0.39, 0.29) is 5.91 Å². The quantitative estimate of drug-likeness (QED) is 0.647. The van der Waals surface area contributed by atoms with Gasteiger partial charge < -0.3 is 26.4 Å². The van der Waals surface area contributed by atoms with Crippen molar-refractivity contribution in [1.82, 2.24) is 20.0 Å². The molecule has 0 saturated carbocycles. The zero-order valence-electron chi connectivity index (χ0n) is 16.0. The molecular weight excluding hydrogens is 356 g/mol. The Balaban J connectivity index is 1.94. The van der Waals surface area contributed by atoms with E-state index in [1.807, 2.05) is 30.3 Å². The van der Waals surface area contributed by atoms with Gasteiger partial charge in [-0.05, 0) is 24.6 Å². The molecule has 8 nitrogen and oxygen atoms in total. The standard InChI is InChI=1S/C20H26N6O2/c1-28-19(22)9-5-8-18(21)26-17(15-6-3-2-4-7-15)14-16(24-26)20(27)25-12-10-23-11-13-25/h2-4,6-9,14,23H,5,10-13,21-22H2,1H3/b18-8+,19-9+. The van der Waals surface area contributed by atoms with E-state index in [0.717, 1.165) is 24.3 Å². The molecule has 0 aliphatic carbocycles. The maximum Gasteiger partial charge on any atom is 0.274 e. The van der Waals surface area contributed by atoms with Crippen LogP contribution in [0.4, 0.5) is 0 Å². The van der Waals surface area contributed by atoms with Gasteiger partial charge in [-0.3, -0.25) is 4.79 Å². The molecule has 8 heteroatoms. The third kappa shape index (κ3) is 4.52. The molecule has 0 atom stereocenters. The van der Waals surface area contributed by atoms with Crippen LogP contribution < -0.4 is 16.8 Å². The Kier molecular flexibility index (Phi) is 6.33. The van der Waals surface area contributed by atoms with Gasteiger partial charge in [0, 0.05) is 31.7 Å². The van der Waals surface area contributed by atoms with Crippen LogP contribution in [0.3, 0.4) is 0 Å². The van der Waals surface area contributed by atoms with Gasteiger partial charge in [0.1, 0.15) is 5.82 Å². The summed E-state index contributed by atoms with van der Waals surface area (Å²) in [5, 5.41) is 7.75. The minimum Gasteiger partial charge on any atom is -0.483 e. The third-order valence-electron chi connectivity index (χ3n) is 4.53. The highest BCUT2D eigenvalue weighted by Gasteiger charge is 2.23. The van der Waals surface area contributed by atoms with Crippen LogP contribution in [-0.2, 0) is 4.74 Å². The lowest BCUT2D eigenvalue weighted by atomic mass is 10.1. The number of nitrogens with two attached hydrogens (primary N) is 2. The van der Waals surface area contributed by atoms with E-state index in [1.165, 1.54) is 7.11 Å². The third-order valence-corrected chi connectivity index (χ3v) is 4.53. The molecule has 0 radical (unpaired) electrons. The summed E-state index contributed by atoms with van der Waals surface area (Å²) in [5.41, 5.74) is 14.0. The van der Waals surface area contributed by atoms with E-state index in [9.17, 15) is 4.79 Å². The van der Waals surface area contributed by atoms with Crippen LogP contribution >= 0.6 is 0 Å². The lowest BCUT2D eigenvalue weighted by Gasteiger charge is -2.26. The lowest BCUT2D eigenvalue weighted by molar-refractivity contribution is 0.0729. The first-order valence-electron chi connectivity index (χ1n) is 9.21. The van der Waals surface area contributed by atoms with E-state index in [2.05, 4.69) is 10.4 Å². The molecule has 28 heavy (non-hydrogen) atoms. The maximum atomic E-state index is 12.9. The summed E-state index contributed by atoms with van der Waals surface area (Å²) in [6, 6.07) is 11.5. The second kappa shape index (κ2) is 9.09. The van der Waals surface area contributed by atoms with Crippen LogP contribution in [0.1, 0.15) is 16.9 Å². The fourth-order valence-corrected chi connectivity index (χ4v) is 2.99. The minimum atomic E-state index is -0.0891. The number of piperazine rings is 1. The van der Waals surface area contributed by atoms with E-state index >= 15 is 0 Å². The van der Waals surface area contributed by atoms with Gasteiger partial charge in [-0.25, -0.2) is 4.68 Å². The highest BCUT2D eigenvalue weighted by Crippen LogP contribution is 2.23. The van der Waals surface area contributed by atoms with Crippen LogP contribution in [0, 0.1) is 0 Å². The Hall–Kier alpha value is -3.26. The number of rotatable bonds is 6. The van der Waals surface area contributed by atoms with E-state index in [1.54, 1.807) is 27.8 Å². The number of carbonyl (C=O) groups excluding carboxylic acids is 1. The van der Waals surface area contributed by atoms with Crippen molar-refractivity contribution in [3.8, 4) is 11.3 Å². The Labute approximate surface area is 164 Å². The second-order valence-corrected chi connectivity index (χ2v) is 6.41. The Morgan fingerprint density at radius 1 is 1.21 bits per heavy atom. The van der Waals surface area contributed by atoms with E-state index < -0.39 is 0 Å². The summed E-state index contributed by atoms with van der Waals surface area (Å²) in [5.74, 6) is 0.648. The predicted octanol–water partition coefficient (Wildman–Crippen LogP) is 1.19. The zero-order valence-corrected chi connectivity index (χ0v) is 16.0. The summed E-state index contributed by atoms with van der Waals surface area (Å²) < 4.78 is 6.52. The van der Waals surface area contributed by atoms with Crippen molar-refractivity contribution in [2.45, 2.75) is 6.42 Å². The van der Waals surface area contributed by atoms with E-state index in [4.69, 9.17) is 16.2 Å². The molecule has 1 fully saturated rings. The molecule has 2 heterocycles. The number of methoxy groups -OCH3 is 1. The molecule has 0 unspecified atom stereocenters. The summed E-state index contributed by atoms with van der Waals surface area (Å²) in [7, 11) is 1.51. The number of nitrogens with one attached hydrogen (secondary N) is 1. The summed E-state index contributed by atoms with van der Waals surface area (Å²) in [6.45, 7) is 2.90. The van der Waals surface area contributed by atoms with Crippen molar-refractivity contribution in [3.63, 3.8) is 0 Å². The summed E-state index contributed by atoms with van der Waals surface area (Å²) >= 11 is 0. The van der Waals surface area contributed by atoms with Crippen LogP contribution in [0.25, 0.3) is 17.1 Å². The van der Waals surface area contributed by atoms with Crippen molar-refractivity contribution in [3.05, 3.63) is 60.1 Å². The molecule has 1 saturated heterocycles. The minimum absolute atomic E-state index is 0.0891. The average Bonchev–Trinajstić information content (AvgIpc) is 3.20. The first kappa shape index (κ1) is 19.5. The molecular formula is C20H26N6O2.